The van der Waals surface area contributed by atoms with Crippen LogP contribution in [-0.4, -0.2) is 32.9 Å². The molecular formula is C25H27F3N2O3S2. The Kier molecular flexibility index (Phi) is 8.16. The molecule has 10 heteroatoms. The van der Waals surface area contributed by atoms with Crippen LogP contribution in [0.4, 0.5) is 13.2 Å². The number of hydrogen-bond acceptors (Lipinski definition) is 7. The molecule has 3 rings (SSSR count). The second-order valence-electron chi connectivity index (χ2n) is 9.27. The fourth-order valence-electron chi connectivity index (χ4n) is 2.84. The van der Waals surface area contributed by atoms with E-state index in [4.69, 9.17) is 9.47 Å². The molecule has 0 bridgehead atoms. The second kappa shape index (κ2) is 10.6. The van der Waals surface area contributed by atoms with Crippen LogP contribution >= 0.6 is 23.1 Å². The maximum atomic E-state index is 12.7. The number of thiazole rings is 1. The molecule has 0 aliphatic heterocycles. The van der Waals surface area contributed by atoms with Crippen molar-refractivity contribution in [3.8, 4) is 17.0 Å². The SMILES string of the molecule is CC(C)(C)OC(=O)C(C)(C)Sc1nc(CCOc2ccc(-c3ccc(C(F)(F)F)cn3)cc2)cs1. The molecule has 0 fully saturated rings. The summed E-state index contributed by atoms with van der Waals surface area (Å²) in [5.74, 6) is 0.349. The van der Waals surface area contributed by atoms with Crippen molar-refractivity contribution in [3.05, 3.63) is 59.2 Å². The summed E-state index contributed by atoms with van der Waals surface area (Å²) in [6.07, 6.45) is -2.99. The molecule has 0 saturated carbocycles. The summed E-state index contributed by atoms with van der Waals surface area (Å²) in [5.41, 5.74) is 0.680. The van der Waals surface area contributed by atoms with Crippen LogP contribution < -0.4 is 4.74 Å². The van der Waals surface area contributed by atoms with Crippen LogP contribution in [-0.2, 0) is 22.1 Å². The van der Waals surface area contributed by atoms with Crippen LogP contribution in [0.1, 0.15) is 45.9 Å². The fourth-order valence-corrected chi connectivity index (χ4v) is 5.10. The molecule has 0 unspecified atom stereocenters. The van der Waals surface area contributed by atoms with Gasteiger partial charge in [-0.25, -0.2) is 4.98 Å². The zero-order valence-electron chi connectivity index (χ0n) is 20.1. The van der Waals surface area contributed by atoms with Crippen molar-refractivity contribution in [1.29, 1.82) is 0 Å². The third kappa shape index (κ3) is 7.96. The molecule has 3 aromatic rings. The van der Waals surface area contributed by atoms with Gasteiger partial charge in [0.1, 0.15) is 16.1 Å². The summed E-state index contributed by atoms with van der Waals surface area (Å²) in [5, 5.41) is 1.94. The number of rotatable bonds is 8. The van der Waals surface area contributed by atoms with Gasteiger partial charge in [0.2, 0.25) is 0 Å². The Morgan fingerprint density at radius 1 is 1.03 bits per heavy atom. The molecule has 188 valence electrons. The lowest BCUT2D eigenvalue weighted by Gasteiger charge is -2.27. The van der Waals surface area contributed by atoms with E-state index in [1.54, 1.807) is 24.3 Å². The Morgan fingerprint density at radius 2 is 1.71 bits per heavy atom. The number of thioether (sulfide) groups is 1. The van der Waals surface area contributed by atoms with Gasteiger partial charge in [-0.1, -0.05) is 11.8 Å². The molecule has 0 radical (unpaired) electrons. The van der Waals surface area contributed by atoms with Crippen LogP contribution in [0, 0.1) is 0 Å². The minimum absolute atomic E-state index is 0.287. The van der Waals surface area contributed by atoms with Crippen molar-refractivity contribution in [2.24, 2.45) is 0 Å². The van der Waals surface area contributed by atoms with E-state index in [2.05, 4.69) is 9.97 Å². The molecule has 5 nitrogen and oxygen atoms in total. The minimum atomic E-state index is -4.41. The molecule has 0 aliphatic rings. The van der Waals surface area contributed by atoms with Gasteiger partial charge in [0.05, 0.1) is 23.6 Å². The summed E-state index contributed by atoms with van der Waals surface area (Å²) in [6, 6.07) is 9.37. The number of pyridine rings is 1. The van der Waals surface area contributed by atoms with Crippen molar-refractivity contribution in [2.45, 2.75) is 61.9 Å². The number of ether oxygens (including phenoxy) is 2. The highest BCUT2D eigenvalue weighted by Gasteiger charge is 2.34. The van der Waals surface area contributed by atoms with Crippen LogP contribution in [0.15, 0.2) is 52.3 Å². The average Bonchev–Trinajstić information content (AvgIpc) is 3.19. The number of hydrogen-bond donors (Lipinski definition) is 0. The van der Waals surface area contributed by atoms with Gasteiger partial charge in [-0.3, -0.25) is 9.78 Å². The van der Waals surface area contributed by atoms with Crippen LogP contribution in [0.3, 0.4) is 0 Å². The second-order valence-corrected chi connectivity index (χ2v) is 12.0. The van der Waals surface area contributed by atoms with Crippen molar-refractivity contribution in [1.82, 2.24) is 9.97 Å². The summed E-state index contributed by atoms with van der Waals surface area (Å²) < 4.78 is 49.4. The van der Waals surface area contributed by atoms with E-state index in [1.807, 2.05) is 40.0 Å². The minimum Gasteiger partial charge on any atom is -0.493 e. The lowest BCUT2D eigenvalue weighted by Crippen LogP contribution is -2.36. The van der Waals surface area contributed by atoms with E-state index >= 15 is 0 Å². The molecule has 0 atom stereocenters. The Labute approximate surface area is 211 Å². The molecule has 2 heterocycles. The number of aromatic nitrogens is 2. The zero-order valence-corrected chi connectivity index (χ0v) is 21.7. The third-order valence-corrected chi connectivity index (χ3v) is 6.80. The molecule has 0 amide bonds. The topological polar surface area (TPSA) is 61.3 Å². The Morgan fingerprint density at radius 3 is 2.29 bits per heavy atom. The van der Waals surface area contributed by atoms with Crippen molar-refractivity contribution in [3.63, 3.8) is 0 Å². The first kappa shape index (κ1) is 27.0. The highest BCUT2D eigenvalue weighted by molar-refractivity contribution is 8.03. The maximum absolute atomic E-state index is 12.7. The summed E-state index contributed by atoms with van der Waals surface area (Å²) in [7, 11) is 0. The van der Waals surface area contributed by atoms with Gasteiger partial charge in [0.25, 0.3) is 0 Å². The van der Waals surface area contributed by atoms with E-state index in [1.165, 1.54) is 29.2 Å². The number of esters is 1. The molecule has 0 saturated heterocycles. The summed E-state index contributed by atoms with van der Waals surface area (Å²) >= 11 is 2.84. The van der Waals surface area contributed by atoms with E-state index in [9.17, 15) is 18.0 Å². The van der Waals surface area contributed by atoms with Crippen molar-refractivity contribution in [2.75, 3.05) is 6.61 Å². The quantitative estimate of drug-likeness (QED) is 0.232. The zero-order chi connectivity index (χ0) is 25.9. The van der Waals surface area contributed by atoms with E-state index in [0.717, 1.165) is 22.3 Å². The molecule has 0 spiro atoms. The molecule has 0 N–H and O–H groups in total. The van der Waals surface area contributed by atoms with Crippen molar-refractivity contribution < 1.29 is 27.4 Å². The molecule has 1 aromatic carbocycles. The predicted octanol–water partition coefficient (Wildman–Crippen LogP) is 7.06. The highest BCUT2D eigenvalue weighted by atomic mass is 32.2. The standard InChI is InChI=1S/C25H27F3N2O3S2/c1-23(2,3)33-21(31)24(4,5)35-22-30-18(15-34-22)12-13-32-19-9-6-16(7-10-19)20-11-8-17(14-29-20)25(26,27)28/h6-11,14-15H,12-13H2,1-5H3. The Balaban J connectivity index is 1.51. The summed E-state index contributed by atoms with van der Waals surface area (Å²) in [4.78, 5) is 20.9. The Bertz CT molecular complexity index is 1140. The van der Waals surface area contributed by atoms with Gasteiger partial charge in [-0.2, -0.15) is 13.2 Å². The molecule has 35 heavy (non-hydrogen) atoms. The van der Waals surface area contributed by atoms with E-state index in [0.29, 0.717) is 30.0 Å². The maximum Gasteiger partial charge on any atom is 0.417 e. The lowest BCUT2D eigenvalue weighted by molar-refractivity contribution is -0.156. The van der Waals surface area contributed by atoms with Gasteiger partial charge in [0, 0.05) is 23.6 Å². The first-order valence-corrected chi connectivity index (χ1v) is 12.6. The van der Waals surface area contributed by atoms with E-state index < -0.39 is 22.1 Å². The number of carbonyl (C=O) groups is 1. The lowest BCUT2D eigenvalue weighted by atomic mass is 10.1. The summed E-state index contributed by atoms with van der Waals surface area (Å²) in [6.45, 7) is 9.56. The largest absolute Gasteiger partial charge is 0.493 e. The smallest absolute Gasteiger partial charge is 0.417 e. The van der Waals surface area contributed by atoms with Gasteiger partial charge in [-0.15, -0.1) is 11.3 Å². The Hall–Kier alpha value is -2.59. The first-order chi connectivity index (χ1) is 16.2. The normalized spacial score (nSPS) is 12.5. The van der Waals surface area contributed by atoms with Gasteiger partial charge >= 0.3 is 12.1 Å². The predicted molar refractivity (Wildman–Crippen MR) is 132 cm³/mol. The van der Waals surface area contributed by atoms with Gasteiger partial charge < -0.3 is 9.47 Å². The molecule has 2 aromatic heterocycles. The number of carbonyl (C=O) groups excluding carboxylic acids is 1. The highest BCUT2D eigenvalue weighted by Crippen LogP contribution is 2.36. The van der Waals surface area contributed by atoms with Crippen molar-refractivity contribution >= 4 is 29.1 Å². The third-order valence-electron chi connectivity index (χ3n) is 4.63. The van der Waals surface area contributed by atoms with Crippen LogP contribution in [0.25, 0.3) is 11.3 Å². The van der Waals surface area contributed by atoms with Gasteiger partial charge in [0.15, 0.2) is 4.34 Å². The molecule has 0 aliphatic carbocycles. The number of nitrogens with zero attached hydrogens (tertiary/aromatic N) is 2. The fraction of sp³-hybridized carbons (Fsp3) is 0.400. The first-order valence-electron chi connectivity index (χ1n) is 10.9. The van der Waals surface area contributed by atoms with E-state index in [-0.39, 0.29) is 5.97 Å². The number of benzene rings is 1. The number of alkyl halides is 3. The average molecular weight is 525 g/mol. The monoisotopic (exact) mass is 524 g/mol. The molecular weight excluding hydrogens is 497 g/mol. The van der Waals surface area contributed by atoms with Crippen LogP contribution in [0.5, 0.6) is 5.75 Å². The van der Waals surface area contributed by atoms with Gasteiger partial charge in [-0.05, 0) is 71.0 Å². The number of halogens is 3. The van der Waals surface area contributed by atoms with Crippen LogP contribution in [0.2, 0.25) is 0 Å².